The minimum atomic E-state index is -4.61. The average molecular weight is 516 g/mol. The molecule has 186 valence electrons. The van der Waals surface area contributed by atoms with Gasteiger partial charge in [0.15, 0.2) is 11.6 Å². The van der Waals surface area contributed by atoms with Crippen molar-refractivity contribution >= 4 is 15.8 Å². The van der Waals surface area contributed by atoms with Gasteiger partial charge in [0, 0.05) is 29.6 Å². The quantitative estimate of drug-likeness (QED) is 0.444. The molecule has 4 aromatic rings. The number of anilines is 1. The Labute approximate surface area is 204 Å². The number of rotatable bonds is 3. The first-order valence-electron chi connectivity index (χ1n) is 10.9. The van der Waals surface area contributed by atoms with Crippen LogP contribution in [0.25, 0.3) is 17.1 Å². The highest BCUT2D eigenvalue weighted by Gasteiger charge is 2.34. The van der Waals surface area contributed by atoms with Gasteiger partial charge >= 0.3 is 6.18 Å². The van der Waals surface area contributed by atoms with Crippen molar-refractivity contribution < 1.29 is 21.6 Å². The van der Waals surface area contributed by atoms with Crippen LogP contribution in [0.3, 0.4) is 0 Å². The lowest BCUT2D eigenvalue weighted by molar-refractivity contribution is -0.137. The maximum Gasteiger partial charge on any atom is 0.416 e. The first kappa shape index (κ1) is 23.8. The zero-order valence-electron chi connectivity index (χ0n) is 19.2. The fourth-order valence-electron chi connectivity index (χ4n) is 4.20. The van der Waals surface area contributed by atoms with E-state index >= 15 is 0 Å². The number of hydrogen-bond donors (Lipinski definition) is 1. The lowest BCUT2D eigenvalue weighted by Gasteiger charge is -2.23. The van der Waals surface area contributed by atoms with Gasteiger partial charge in [0.2, 0.25) is 0 Å². The van der Waals surface area contributed by atoms with Crippen molar-refractivity contribution in [3.63, 3.8) is 0 Å². The molecule has 0 amide bonds. The molecule has 0 unspecified atom stereocenters. The second kappa shape index (κ2) is 8.33. The van der Waals surface area contributed by atoms with Crippen LogP contribution < -0.4 is 9.86 Å². The third-order valence-corrected chi connectivity index (χ3v) is 7.75. The number of pyridine rings is 2. The molecule has 0 atom stereocenters. The van der Waals surface area contributed by atoms with E-state index in [1.54, 1.807) is 24.3 Å². The third-order valence-electron chi connectivity index (χ3n) is 5.95. The van der Waals surface area contributed by atoms with Crippen LogP contribution in [0.15, 0.2) is 64.4 Å². The van der Waals surface area contributed by atoms with E-state index in [9.17, 15) is 26.4 Å². The molecule has 1 N–H and O–H groups in total. The Morgan fingerprint density at radius 1 is 1.06 bits per heavy atom. The number of aromatic nitrogens is 4. The van der Waals surface area contributed by atoms with Gasteiger partial charge in [-0.1, -0.05) is 17.7 Å². The Morgan fingerprint density at radius 2 is 1.78 bits per heavy atom. The fraction of sp³-hybridized carbons (Fsp3) is 0.208. The van der Waals surface area contributed by atoms with Crippen LogP contribution in [0.1, 0.15) is 22.4 Å². The number of nitrogens with one attached hydrogen (secondary N) is 1. The summed E-state index contributed by atoms with van der Waals surface area (Å²) >= 11 is 0. The third kappa shape index (κ3) is 3.96. The van der Waals surface area contributed by atoms with E-state index in [4.69, 9.17) is 0 Å². The molecule has 0 bridgehead atoms. The van der Waals surface area contributed by atoms with Gasteiger partial charge in [-0.15, -0.1) is 0 Å². The van der Waals surface area contributed by atoms with Gasteiger partial charge in [0.05, 0.1) is 16.2 Å². The fourth-order valence-corrected chi connectivity index (χ4v) is 5.64. The molecule has 0 fully saturated rings. The van der Waals surface area contributed by atoms with Crippen LogP contribution in [-0.2, 0) is 22.6 Å². The van der Waals surface area contributed by atoms with Crippen LogP contribution in [0.4, 0.5) is 19.0 Å². The van der Waals surface area contributed by atoms with Crippen molar-refractivity contribution in [3.05, 3.63) is 87.5 Å². The van der Waals surface area contributed by atoms with Gasteiger partial charge in [-0.05, 0) is 56.7 Å². The number of sulfonamides is 1. The number of nitrogens with zero attached hydrogens (tertiary/aromatic N) is 4. The molecule has 12 heteroatoms. The van der Waals surface area contributed by atoms with Crippen molar-refractivity contribution in [2.75, 3.05) is 10.8 Å². The molecule has 1 aliphatic rings. The summed E-state index contributed by atoms with van der Waals surface area (Å²) in [6.45, 7) is 3.16. The molecule has 36 heavy (non-hydrogen) atoms. The molecule has 0 saturated carbocycles. The minimum Gasteiger partial charge on any atom is -0.288 e. The number of aryl methyl sites for hydroxylation is 2. The number of fused-ring (bicyclic) bond motifs is 3. The van der Waals surface area contributed by atoms with E-state index in [2.05, 4.69) is 15.1 Å². The van der Waals surface area contributed by atoms with E-state index in [-0.39, 0.29) is 46.4 Å². The van der Waals surface area contributed by atoms with Gasteiger partial charge < -0.3 is 0 Å². The lowest BCUT2D eigenvalue weighted by Crippen LogP contribution is -2.34. The minimum absolute atomic E-state index is 0.0110. The van der Waals surface area contributed by atoms with E-state index < -0.39 is 27.3 Å². The second-order valence-electron chi connectivity index (χ2n) is 8.47. The van der Waals surface area contributed by atoms with Gasteiger partial charge in [-0.25, -0.2) is 27.4 Å². The van der Waals surface area contributed by atoms with Gasteiger partial charge in [0.25, 0.3) is 15.6 Å². The van der Waals surface area contributed by atoms with Crippen LogP contribution in [0.2, 0.25) is 0 Å². The van der Waals surface area contributed by atoms with E-state index in [1.165, 1.54) is 25.3 Å². The summed E-state index contributed by atoms with van der Waals surface area (Å²) in [6, 6.07) is 11.3. The second-order valence-corrected chi connectivity index (χ2v) is 10.3. The molecule has 1 aliphatic heterocycles. The summed E-state index contributed by atoms with van der Waals surface area (Å²) in [5, 5.41) is 2.85. The summed E-state index contributed by atoms with van der Waals surface area (Å²) in [5.41, 5.74) is 0.288. The number of alkyl halides is 3. The van der Waals surface area contributed by atoms with Gasteiger partial charge in [-0.3, -0.25) is 9.89 Å². The molecular weight excluding hydrogens is 495 g/mol. The van der Waals surface area contributed by atoms with E-state index in [0.29, 0.717) is 5.56 Å². The standard InChI is InChI=1S/C24H20F3N5O3S/c1-14-5-7-17(8-6-14)36(34,35)31-11-9-19-21(18-4-3-10-28-22(18)31)30-32(23(19)33)20-13-16(24(25,26)27)12-15(2)29-20/h3-8,10,12-13,30H,9,11H2,1-2H3. The maximum atomic E-state index is 13.5. The normalized spacial score (nSPS) is 13.8. The van der Waals surface area contributed by atoms with Crippen LogP contribution in [-0.4, -0.2) is 34.7 Å². The Bertz CT molecular complexity index is 1640. The summed E-state index contributed by atoms with van der Waals surface area (Å²) in [6.07, 6.45) is -3.16. The summed E-state index contributed by atoms with van der Waals surface area (Å²) in [5.74, 6) is -0.103. The van der Waals surface area contributed by atoms with Crippen LogP contribution in [0, 0.1) is 13.8 Å². The highest BCUT2D eigenvalue weighted by atomic mass is 32.2. The number of hydrogen-bond acceptors (Lipinski definition) is 5. The Hall–Kier alpha value is -3.93. The van der Waals surface area contributed by atoms with Gasteiger partial charge in [0.1, 0.15) is 0 Å². The Morgan fingerprint density at radius 3 is 2.47 bits per heavy atom. The van der Waals surface area contributed by atoms with Crippen LogP contribution >= 0.6 is 0 Å². The molecule has 5 rings (SSSR count). The number of halogens is 3. The highest BCUT2D eigenvalue weighted by Crippen LogP contribution is 2.36. The topological polar surface area (TPSA) is 101 Å². The molecular formula is C24H20F3N5O3S. The lowest BCUT2D eigenvalue weighted by atomic mass is 10.1. The van der Waals surface area contributed by atoms with Crippen molar-refractivity contribution in [2.45, 2.75) is 31.3 Å². The van der Waals surface area contributed by atoms with Crippen molar-refractivity contribution in [1.29, 1.82) is 0 Å². The highest BCUT2D eigenvalue weighted by molar-refractivity contribution is 7.92. The molecule has 1 aromatic carbocycles. The SMILES string of the molecule is Cc1ccc(S(=O)(=O)N2CCc3c([nH]n(-c4cc(C(F)(F)F)cc(C)n4)c3=O)-c3cccnc32)cc1. The molecule has 0 saturated heterocycles. The van der Waals surface area contributed by atoms with E-state index in [1.807, 2.05) is 6.92 Å². The number of H-pyrrole nitrogens is 1. The monoisotopic (exact) mass is 515 g/mol. The molecule has 0 spiro atoms. The zero-order chi connectivity index (χ0) is 25.8. The predicted octanol–water partition coefficient (Wildman–Crippen LogP) is 4.01. The van der Waals surface area contributed by atoms with Crippen LogP contribution in [0.5, 0.6) is 0 Å². The summed E-state index contributed by atoms with van der Waals surface area (Å²) in [7, 11) is -4.00. The number of benzene rings is 1. The largest absolute Gasteiger partial charge is 0.416 e. The Kier molecular flexibility index (Phi) is 5.51. The maximum absolute atomic E-state index is 13.5. The number of aromatic amines is 1. The predicted molar refractivity (Wildman–Crippen MR) is 127 cm³/mol. The molecule has 0 aliphatic carbocycles. The Balaban J connectivity index is 1.66. The van der Waals surface area contributed by atoms with Crippen molar-refractivity contribution in [3.8, 4) is 17.1 Å². The van der Waals surface area contributed by atoms with Gasteiger partial charge in [-0.2, -0.15) is 13.2 Å². The summed E-state index contributed by atoms with van der Waals surface area (Å²) in [4.78, 5) is 21.8. The first-order valence-corrected chi connectivity index (χ1v) is 12.4. The van der Waals surface area contributed by atoms with Crippen molar-refractivity contribution in [1.82, 2.24) is 19.7 Å². The zero-order valence-corrected chi connectivity index (χ0v) is 20.0. The first-order chi connectivity index (χ1) is 17.0. The molecule has 3 aromatic heterocycles. The molecule has 4 heterocycles. The van der Waals surface area contributed by atoms with Crippen molar-refractivity contribution in [2.24, 2.45) is 0 Å². The molecule has 0 radical (unpaired) electrons. The smallest absolute Gasteiger partial charge is 0.288 e. The van der Waals surface area contributed by atoms with E-state index in [0.717, 1.165) is 26.7 Å². The molecule has 8 nitrogen and oxygen atoms in total. The summed E-state index contributed by atoms with van der Waals surface area (Å²) < 4.78 is 69.2. The average Bonchev–Trinajstić information content (AvgIpc) is 3.04.